The van der Waals surface area contributed by atoms with Crippen LogP contribution in [0.2, 0.25) is 0 Å². The highest BCUT2D eigenvalue weighted by molar-refractivity contribution is 5.93. The number of nitrogens with one attached hydrogen (secondary N) is 1. The number of ether oxygens (including phenoxy) is 1. The van der Waals surface area contributed by atoms with Crippen molar-refractivity contribution in [3.63, 3.8) is 0 Å². The van der Waals surface area contributed by atoms with E-state index in [0.717, 1.165) is 11.3 Å². The molecule has 7 heteroatoms. The molecule has 4 aromatic rings. The summed E-state index contributed by atoms with van der Waals surface area (Å²) in [6.07, 6.45) is 6.69. The van der Waals surface area contributed by atoms with Gasteiger partial charge >= 0.3 is 0 Å². The first-order valence-electron chi connectivity index (χ1n) is 8.03. The molecule has 4 rings (SSSR count). The number of carbonyl (C=O) groups is 1. The Balaban J connectivity index is 1.63. The van der Waals surface area contributed by atoms with Crippen molar-refractivity contribution in [2.45, 2.75) is 6.54 Å². The first-order chi connectivity index (χ1) is 12.7. The summed E-state index contributed by atoms with van der Waals surface area (Å²) in [6, 6.07) is 11.1. The van der Waals surface area contributed by atoms with Crippen molar-refractivity contribution in [3.05, 3.63) is 72.7 Å². The van der Waals surface area contributed by atoms with Crippen molar-refractivity contribution < 1.29 is 13.9 Å². The van der Waals surface area contributed by atoms with Crippen LogP contribution in [0, 0.1) is 0 Å². The molecule has 3 aromatic heterocycles. The second-order valence-electron chi connectivity index (χ2n) is 5.62. The second-order valence-corrected chi connectivity index (χ2v) is 5.62. The van der Waals surface area contributed by atoms with Crippen LogP contribution < -0.4 is 10.1 Å². The van der Waals surface area contributed by atoms with E-state index in [-0.39, 0.29) is 5.91 Å². The number of fused-ring (bicyclic) bond motifs is 1. The monoisotopic (exact) mass is 348 g/mol. The molecule has 1 amide bonds. The number of rotatable bonds is 5. The minimum absolute atomic E-state index is 0.272. The normalized spacial score (nSPS) is 10.8. The van der Waals surface area contributed by atoms with Crippen molar-refractivity contribution >= 4 is 11.6 Å². The van der Waals surface area contributed by atoms with Gasteiger partial charge in [0.05, 0.1) is 19.9 Å². The Morgan fingerprint density at radius 3 is 2.85 bits per heavy atom. The Labute approximate surface area is 149 Å². The molecule has 0 spiro atoms. The molecule has 1 N–H and O–H groups in total. The van der Waals surface area contributed by atoms with Gasteiger partial charge in [0, 0.05) is 24.2 Å². The van der Waals surface area contributed by atoms with Gasteiger partial charge in [-0.25, -0.2) is 4.98 Å². The molecule has 0 saturated carbocycles. The molecule has 0 atom stereocenters. The molecule has 0 unspecified atom stereocenters. The Kier molecular flexibility index (Phi) is 4.10. The van der Waals surface area contributed by atoms with E-state index in [1.54, 1.807) is 48.5 Å². The van der Waals surface area contributed by atoms with Crippen molar-refractivity contribution in [1.82, 2.24) is 19.7 Å². The molecule has 0 aliphatic carbocycles. The van der Waals surface area contributed by atoms with Crippen molar-refractivity contribution in [3.8, 4) is 17.0 Å². The molecule has 3 heterocycles. The highest BCUT2D eigenvalue weighted by Crippen LogP contribution is 2.24. The standard InChI is InChI=1S/C19H16N4O3/c1-25-14-6-4-13(5-7-14)17-18-22-16(12-23(18)9-8-20-17)19(24)21-11-15-3-2-10-26-15/h2-10,12H,11H2,1H3,(H,21,24). The van der Waals surface area contributed by atoms with E-state index in [1.165, 1.54) is 0 Å². The number of methoxy groups -OCH3 is 1. The molecule has 0 fully saturated rings. The van der Waals surface area contributed by atoms with E-state index in [1.807, 2.05) is 24.3 Å². The number of aromatic nitrogens is 3. The molecular formula is C19H16N4O3. The van der Waals surface area contributed by atoms with Gasteiger partial charge in [-0.05, 0) is 36.4 Å². The number of amides is 1. The Morgan fingerprint density at radius 2 is 2.12 bits per heavy atom. The Hall–Kier alpha value is -3.61. The van der Waals surface area contributed by atoms with Gasteiger partial charge in [-0.1, -0.05) is 0 Å². The zero-order valence-electron chi connectivity index (χ0n) is 14.0. The average Bonchev–Trinajstić information content (AvgIpc) is 3.35. The molecule has 0 saturated heterocycles. The fourth-order valence-electron chi connectivity index (χ4n) is 2.65. The SMILES string of the molecule is COc1ccc(-c2nccn3cc(C(=O)NCc4ccco4)nc23)cc1. The van der Waals surface area contributed by atoms with Crippen molar-refractivity contribution in [1.29, 1.82) is 0 Å². The molecule has 0 aliphatic rings. The smallest absolute Gasteiger partial charge is 0.271 e. The fraction of sp³-hybridized carbons (Fsp3) is 0.105. The van der Waals surface area contributed by atoms with Crippen molar-refractivity contribution in [2.24, 2.45) is 0 Å². The third-order valence-electron chi connectivity index (χ3n) is 3.97. The lowest BCUT2D eigenvalue weighted by atomic mass is 10.1. The van der Waals surface area contributed by atoms with E-state index in [0.29, 0.717) is 29.3 Å². The van der Waals surface area contributed by atoms with E-state index in [2.05, 4.69) is 15.3 Å². The minimum Gasteiger partial charge on any atom is -0.497 e. The molecule has 1 aromatic carbocycles. The average molecular weight is 348 g/mol. The van der Waals surface area contributed by atoms with Crippen LogP contribution in [-0.4, -0.2) is 27.4 Å². The van der Waals surface area contributed by atoms with Crippen LogP contribution in [0.3, 0.4) is 0 Å². The summed E-state index contributed by atoms with van der Waals surface area (Å²) >= 11 is 0. The van der Waals surface area contributed by atoms with Gasteiger partial charge in [-0.3, -0.25) is 9.78 Å². The summed E-state index contributed by atoms with van der Waals surface area (Å²) in [5.74, 6) is 1.18. The van der Waals surface area contributed by atoms with Crippen LogP contribution in [0.25, 0.3) is 16.9 Å². The van der Waals surface area contributed by atoms with Gasteiger partial charge < -0.3 is 18.9 Å². The minimum atomic E-state index is -0.272. The summed E-state index contributed by atoms with van der Waals surface area (Å²) in [5, 5.41) is 2.79. The lowest BCUT2D eigenvalue weighted by Gasteiger charge is -2.04. The van der Waals surface area contributed by atoms with Crippen LogP contribution in [0.1, 0.15) is 16.2 Å². The summed E-state index contributed by atoms with van der Waals surface area (Å²) in [6.45, 7) is 0.309. The first kappa shape index (κ1) is 15.9. The second kappa shape index (κ2) is 6.72. The van der Waals surface area contributed by atoms with E-state index >= 15 is 0 Å². The van der Waals surface area contributed by atoms with Gasteiger partial charge in [0.25, 0.3) is 5.91 Å². The van der Waals surface area contributed by atoms with Gasteiger partial charge in [0.1, 0.15) is 22.9 Å². The third-order valence-corrected chi connectivity index (χ3v) is 3.97. The van der Waals surface area contributed by atoms with Crippen LogP contribution in [0.15, 0.2) is 65.7 Å². The maximum absolute atomic E-state index is 12.4. The first-order valence-corrected chi connectivity index (χ1v) is 8.03. The highest BCUT2D eigenvalue weighted by Gasteiger charge is 2.14. The number of imidazole rings is 1. The number of furan rings is 1. The molecule has 130 valence electrons. The van der Waals surface area contributed by atoms with Gasteiger partial charge in [-0.2, -0.15) is 0 Å². The maximum Gasteiger partial charge on any atom is 0.271 e. The zero-order chi connectivity index (χ0) is 17.9. The van der Waals surface area contributed by atoms with E-state index < -0.39 is 0 Å². The Bertz CT molecular complexity index is 1040. The Morgan fingerprint density at radius 1 is 1.27 bits per heavy atom. The predicted octanol–water partition coefficient (Wildman–Crippen LogP) is 2.93. The number of hydrogen-bond acceptors (Lipinski definition) is 5. The predicted molar refractivity (Wildman–Crippen MR) is 94.9 cm³/mol. The van der Waals surface area contributed by atoms with Crippen LogP contribution in [0.5, 0.6) is 5.75 Å². The molecule has 26 heavy (non-hydrogen) atoms. The summed E-state index contributed by atoms with van der Waals surface area (Å²) in [7, 11) is 1.62. The number of nitrogens with zero attached hydrogens (tertiary/aromatic N) is 3. The summed E-state index contributed by atoms with van der Waals surface area (Å²) < 4.78 is 12.2. The largest absolute Gasteiger partial charge is 0.497 e. The summed E-state index contributed by atoms with van der Waals surface area (Å²) in [5.41, 5.74) is 2.52. The van der Waals surface area contributed by atoms with Crippen LogP contribution in [-0.2, 0) is 6.54 Å². The summed E-state index contributed by atoms with van der Waals surface area (Å²) in [4.78, 5) is 21.3. The van der Waals surface area contributed by atoms with Gasteiger partial charge in [-0.15, -0.1) is 0 Å². The molecule has 7 nitrogen and oxygen atoms in total. The number of benzene rings is 1. The van der Waals surface area contributed by atoms with Crippen molar-refractivity contribution in [2.75, 3.05) is 7.11 Å². The zero-order valence-corrected chi connectivity index (χ0v) is 14.0. The lowest BCUT2D eigenvalue weighted by Crippen LogP contribution is -2.22. The molecular weight excluding hydrogens is 332 g/mol. The third kappa shape index (κ3) is 3.02. The molecule has 0 radical (unpaired) electrons. The van der Waals surface area contributed by atoms with Gasteiger partial charge in [0.2, 0.25) is 0 Å². The van der Waals surface area contributed by atoms with Gasteiger partial charge in [0.15, 0.2) is 5.65 Å². The van der Waals surface area contributed by atoms with E-state index in [4.69, 9.17) is 9.15 Å². The fourth-order valence-corrected chi connectivity index (χ4v) is 2.65. The lowest BCUT2D eigenvalue weighted by molar-refractivity contribution is 0.0943. The highest BCUT2D eigenvalue weighted by atomic mass is 16.5. The van der Waals surface area contributed by atoms with Crippen LogP contribution in [0.4, 0.5) is 0 Å². The number of carbonyl (C=O) groups excluding carboxylic acids is 1. The quantitative estimate of drug-likeness (QED) is 0.600. The topological polar surface area (TPSA) is 81.7 Å². The molecule has 0 bridgehead atoms. The van der Waals surface area contributed by atoms with Crippen LogP contribution >= 0.6 is 0 Å². The maximum atomic E-state index is 12.4. The van der Waals surface area contributed by atoms with E-state index in [9.17, 15) is 4.79 Å². The molecule has 0 aliphatic heterocycles. The number of hydrogen-bond donors (Lipinski definition) is 1.